The van der Waals surface area contributed by atoms with Crippen molar-refractivity contribution >= 4 is 0 Å². The van der Waals surface area contributed by atoms with Crippen molar-refractivity contribution in [2.24, 2.45) is 0 Å². The van der Waals surface area contributed by atoms with Crippen LogP contribution in [0.15, 0.2) is 0 Å². The van der Waals surface area contributed by atoms with Gasteiger partial charge in [-0.2, -0.15) is 0 Å². The third-order valence-corrected chi connectivity index (χ3v) is 2.61. The zero-order valence-corrected chi connectivity index (χ0v) is 9.71. The Bertz CT molecular complexity index is 149. The topological polar surface area (TPSA) is 30.5 Å². The van der Waals surface area contributed by atoms with E-state index in [0.717, 1.165) is 19.6 Å². The van der Waals surface area contributed by atoms with Gasteiger partial charge in [-0.25, -0.2) is 0 Å². The van der Waals surface area contributed by atoms with Gasteiger partial charge in [0.05, 0.1) is 0 Å². The summed E-state index contributed by atoms with van der Waals surface area (Å²) < 4.78 is 0. The fourth-order valence-electron chi connectivity index (χ4n) is 1.78. The predicted molar refractivity (Wildman–Crippen MR) is 60.2 cm³/mol. The molecular weight excluding hydrogens is 176 g/mol. The summed E-state index contributed by atoms with van der Waals surface area (Å²) in [6, 6.07) is 0.621. The number of nitrogens with zero attached hydrogens (tertiary/aromatic N) is 2. The second-order valence-corrected chi connectivity index (χ2v) is 4.48. The summed E-state index contributed by atoms with van der Waals surface area (Å²) in [5.41, 5.74) is 6.68. The van der Waals surface area contributed by atoms with Crippen LogP contribution in [0.4, 0.5) is 0 Å². The van der Waals surface area contributed by atoms with Gasteiger partial charge in [0, 0.05) is 25.7 Å². The maximum atomic E-state index is 3.39. The molecule has 0 radical (unpaired) electrons. The van der Waals surface area contributed by atoms with Crippen molar-refractivity contribution in [2.75, 3.05) is 47.3 Å². The number of nitrogens with one attached hydrogen (secondary N) is 2. The molecule has 0 aliphatic carbocycles. The standard InChI is InChI=1S/C10H24N4/c1-13(2)8-6-11-12-10-5-4-7-14(3)9-10/h10-12H,4-9H2,1-3H3/t10-/m1/s1. The molecule has 1 aliphatic heterocycles. The summed E-state index contributed by atoms with van der Waals surface area (Å²) >= 11 is 0. The average Bonchev–Trinajstić information content (AvgIpc) is 2.12. The van der Waals surface area contributed by atoms with E-state index in [1.807, 2.05) is 0 Å². The number of likely N-dealkylation sites (tertiary alicyclic amines) is 1. The molecule has 0 aromatic carbocycles. The van der Waals surface area contributed by atoms with Crippen LogP contribution in [0.3, 0.4) is 0 Å². The lowest BCUT2D eigenvalue weighted by Crippen LogP contribution is -2.50. The van der Waals surface area contributed by atoms with Crippen LogP contribution >= 0.6 is 0 Å². The first-order chi connectivity index (χ1) is 6.68. The smallest absolute Gasteiger partial charge is 0.0340 e. The van der Waals surface area contributed by atoms with Crippen LogP contribution in [-0.2, 0) is 0 Å². The van der Waals surface area contributed by atoms with E-state index in [1.165, 1.54) is 19.4 Å². The highest BCUT2D eigenvalue weighted by Gasteiger charge is 2.15. The monoisotopic (exact) mass is 200 g/mol. The van der Waals surface area contributed by atoms with E-state index in [-0.39, 0.29) is 0 Å². The lowest BCUT2D eigenvalue weighted by molar-refractivity contribution is 0.212. The first-order valence-electron chi connectivity index (χ1n) is 5.50. The first kappa shape index (κ1) is 11.9. The summed E-state index contributed by atoms with van der Waals surface area (Å²) in [6.07, 6.45) is 2.60. The normalized spacial score (nSPS) is 24.4. The maximum absolute atomic E-state index is 3.39. The lowest BCUT2D eigenvalue weighted by atomic mass is 10.1. The Kier molecular flexibility index (Phi) is 5.40. The van der Waals surface area contributed by atoms with Gasteiger partial charge < -0.3 is 9.80 Å². The summed E-state index contributed by atoms with van der Waals surface area (Å²) in [5.74, 6) is 0. The number of likely N-dealkylation sites (N-methyl/N-ethyl adjacent to an activating group) is 2. The molecule has 84 valence electrons. The van der Waals surface area contributed by atoms with Gasteiger partial charge in [0.15, 0.2) is 0 Å². The summed E-state index contributed by atoms with van der Waals surface area (Å²) in [7, 11) is 6.37. The van der Waals surface area contributed by atoms with Crippen molar-refractivity contribution in [3.63, 3.8) is 0 Å². The minimum absolute atomic E-state index is 0.621. The molecule has 2 N–H and O–H groups in total. The molecule has 14 heavy (non-hydrogen) atoms. The van der Waals surface area contributed by atoms with Crippen LogP contribution in [-0.4, -0.2) is 63.2 Å². The van der Waals surface area contributed by atoms with Gasteiger partial charge in [0.2, 0.25) is 0 Å². The van der Waals surface area contributed by atoms with E-state index in [1.54, 1.807) is 0 Å². The van der Waals surface area contributed by atoms with Gasteiger partial charge in [-0.3, -0.25) is 10.9 Å². The molecule has 0 spiro atoms. The summed E-state index contributed by atoms with van der Waals surface area (Å²) in [5, 5.41) is 0. The van der Waals surface area contributed by atoms with Crippen molar-refractivity contribution in [1.29, 1.82) is 0 Å². The summed E-state index contributed by atoms with van der Waals surface area (Å²) in [6.45, 7) is 4.49. The van der Waals surface area contributed by atoms with Crippen molar-refractivity contribution in [2.45, 2.75) is 18.9 Å². The Morgan fingerprint density at radius 1 is 1.43 bits per heavy atom. The van der Waals surface area contributed by atoms with Crippen LogP contribution < -0.4 is 10.9 Å². The van der Waals surface area contributed by atoms with Crippen LogP contribution in [0.1, 0.15) is 12.8 Å². The first-order valence-corrected chi connectivity index (χ1v) is 5.50. The van der Waals surface area contributed by atoms with Crippen molar-refractivity contribution < 1.29 is 0 Å². The van der Waals surface area contributed by atoms with Crippen LogP contribution in [0.2, 0.25) is 0 Å². The highest BCUT2D eigenvalue weighted by Crippen LogP contribution is 2.06. The second kappa shape index (κ2) is 6.35. The van der Waals surface area contributed by atoms with Crippen molar-refractivity contribution in [3.05, 3.63) is 0 Å². The molecule has 0 aromatic rings. The Balaban J connectivity index is 2.00. The highest BCUT2D eigenvalue weighted by molar-refractivity contribution is 4.74. The number of rotatable bonds is 5. The lowest BCUT2D eigenvalue weighted by Gasteiger charge is -2.30. The Morgan fingerprint density at radius 3 is 2.86 bits per heavy atom. The van der Waals surface area contributed by atoms with E-state index in [0.29, 0.717) is 6.04 Å². The molecular formula is C10H24N4. The number of piperidine rings is 1. The predicted octanol–water partition coefficient (Wildman–Crippen LogP) is -0.264. The van der Waals surface area contributed by atoms with Crippen LogP contribution in [0.25, 0.3) is 0 Å². The summed E-state index contributed by atoms with van der Waals surface area (Å²) in [4.78, 5) is 4.57. The molecule has 1 saturated heterocycles. The van der Waals surface area contributed by atoms with E-state index < -0.39 is 0 Å². The molecule has 1 aliphatic rings. The molecule has 4 nitrogen and oxygen atoms in total. The molecule has 4 heteroatoms. The zero-order valence-electron chi connectivity index (χ0n) is 9.71. The highest BCUT2D eigenvalue weighted by atomic mass is 15.4. The molecule has 1 rings (SSSR count). The fourth-order valence-corrected chi connectivity index (χ4v) is 1.78. The second-order valence-electron chi connectivity index (χ2n) is 4.48. The van der Waals surface area contributed by atoms with Gasteiger partial charge in [-0.15, -0.1) is 0 Å². The van der Waals surface area contributed by atoms with Crippen LogP contribution in [0, 0.1) is 0 Å². The molecule has 1 heterocycles. The van der Waals surface area contributed by atoms with E-state index in [9.17, 15) is 0 Å². The van der Waals surface area contributed by atoms with Gasteiger partial charge in [0.1, 0.15) is 0 Å². The van der Waals surface area contributed by atoms with Crippen molar-refractivity contribution in [1.82, 2.24) is 20.7 Å². The largest absolute Gasteiger partial charge is 0.308 e. The van der Waals surface area contributed by atoms with E-state index >= 15 is 0 Å². The SMILES string of the molecule is CN(C)CCNN[C@@H]1CCCN(C)C1. The Labute approximate surface area is 87.6 Å². The Morgan fingerprint density at radius 2 is 2.21 bits per heavy atom. The molecule has 1 atom stereocenters. The minimum Gasteiger partial charge on any atom is -0.308 e. The molecule has 0 aromatic heterocycles. The van der Waals surface area contributed by atoms with Crippen LogP contribution in [0.5, 0.6) is 0 Å². The van der Waals surface area contributed by atoms with E-state index in [2.05, 4.69) is 41.8 Å². The third-order valence-electron chi connectivity index (χ3n) is 2.61. The molecule has 0 saturated carbocycles. The number of hydrogen-bond donors (Lipinski definition) is 2. The van der Waals surface area contributed by atoms with Gasteiger partial charge in [0.25, 0.3) is 0 Å². The molecule has 0 unspecified atom stereocenters. The molecule has 0 bridgehead atoms. The number of hydrogen-bond acceptors (Lipinski definition) is 4. The third kappa shape index (κ3) is 4.91. The van der Waals surface area contributed by atoms with Crippen molar-refractivity contribution in [3.8, 4) is 0 Å². The van der Waals surface area contributed by atoms with Gasteiger partial charge in [-0.1, -0.05) is 0 Å². The maximum Gasteiger partial charge on any atom is 0.0340 e. The quantitative estimate of drug-likeness (QED) is 0.473. The van der Waals surface area contributed by atoms with Gasteiger partial charge >= 0.3 is 0 Å². The average molecular weight is 200 g/mol. The van der Waals surface area contributed by atoms with E-state index in [4.69, 9.17) is 0 Å². The van der Waals surface area contributed by atoms with Gasteiger partial charge in [-0.05, 0) is 40.5 Å². The molecule has 1 fully saturated rings. The number of hydrazine groups is 1. The zero-order chi connectivity index (χ0) is 10.4. The Hall–Kier alpha value is -0.160. The fraction of sp³-hybridized carbons (Fsp3) is 1.00. The molecule has 0 amide bonds. The minimum atomic E-state index is 0.621.